The molecule has 0 radical (unpaired) electrons. The van der Waals surface area contributed by atoms with Crippen molar-refractivity contribution in [3.05, 3.63) is 52.6 Å². The van der Waals surface area contributed by atoms with Crippen LogP contribution in [0.4, 0.5) is 5.13 Å². The Morgan fingerprint density at radius 2 is 2.04 bits per heavy atom. The molecule has 0 saturated carbocycles. The van der Waals surface area contributed by atoms with Crippen LogP contribution < -0.4 is 4.90 Å². The first-order chi connectivity index (χ1) is 11.2. The van der Waals surface area contributed by atoms with Crippen LogP contribution in [0.5, 0.6) is 0 Å². The first-order valence-electron chi connectivity index (χ1n) is 7.37. The second kappa shape index (κ2) is 7.21. The third-order valence-electron chi connectivity index (χ3n) is 3.55. The van der Waals surface area contributed by atoms with Crippen molar-refractivity contribution in [2.24, 2.45) is 0 Å². The Hall–Kier alpha value is -1.76. The Morgan fingerprint density at radius 1 is 1.26 bits per heavy atom. The smallest absolute Gasteiger partial charge is 0.185 e. The molecule has 1 unspecified atom stereocenters. The molecule has 0 saturated heterocycles. The number of aromatic nitrogens is 2. The summed E-state index contributed by atoms with van der Waals surface area (Å²) in [5.41, 5.74) is 2.25. The minimum atomic E-state index is 0.0450. The van der Waals surface area contributed by atoms with Crippen molar-refractivity contribution in [3.63, 3.8) is 0 Å². The lowest BCUT2D eigenvalue weighted by molar-refractivity contribution is 0.119. The van der Waals surface area contributed by atoms with E-state index in [1.807, 2.05) is 38.4 Å². The van der Waals surface area contributed by atoms with E-state index in [9.17, 15) is 0 Å². The molecule has 1 aromatic carbocycles. The molecule has 1 atom stereocenters. The highest BCUT2D eigenvalue weighted by Gasteiger charge is 2.13. The van der Waals surface area contributed by atoms with Crippen molar-refractivity contribution < 1.29 is 4.74 Å². The number of thiazole rings is 2. The molecule has 0 aliphatic heterocycles. The molecule has 4 nitrogen and oxygen atoms in total. The fraction of sp³-hybridized carbons (Fsp3) is 0.294. The SMILES string of the molecule is COC(C)c1nc(CN(C)c2ncc(-c3ccccc3)s2)cs1. The minimum Gasteiger partial charge on any atom is -0.375 e. The Balaban J connectivity index is 1.70. The van der Waals surface area contributed by atoms with Crippen molar-refractivity contribution in [1.29, 1.82) is 0 Å². The maximum absolute atomic E-state index is 5.32. The molecule has 3 aromatic rings. The molecule has 23 heavy (non-hydrogen) atoms. The third-order valence-corrected chi connectivity index (χ3v) is 5.76. The summed E-state index contributed by atoms with van der Waals surface area (Å²) in [6.07, 6.45) is 1.98. The first kappa shape index (κ1) is 16.1. The molecule has 0 bridgehead atoms. The van der Waals surface area contributed by atoms with Crippen LogP contribution in [0, 0.1) is 0 Å². The van der Waals surface area contributed by atoms with Crippen molar-refractivity contribution >= 4 is 27.8 Å². The zero-order valence-electron chi connectivity index (χ0n) is 13.4. The highest BCUT2D eigenvalue weighted by atomic mass is 32.1. The van der Waals surface area contributed by atoms with Gasteiger partial charge in [0.2, 0.25) is 0 Å². The molecule has 0 N–H and O–H groups in total. The maximum atomic E-state index is 5.32. The standard InChI is InChI=1S/C17H19N3OS2/c1-12(21-3)16-19-14(11-22-16)10-20(2)17-18-9-15(23-17)13-7-5-4-6-8-13/h4-9,11-12H,10H2,1-3H3. The highest BCUT2D eigenvalue weighted by Crippen LogP contribution is 2.31. The van der Waals surface area contributed by atoms with Gasteiger partial charge >= 0.3 is 0 Å². The lowest BCUT2D eigenvalue weighted by atomic mass is 10.2. The third kappa shape index (κ3) is 3.77. The number of hydrogen-bond acceptors (Lipinski definition) is 6. The van der Waals surface area contributed by atoms with Gasteiger partial charge in [0.15, 0.2) is 5.13 Å². The van der Waals surface area contributed by atoms with E-state index in [0.29, 0.717) is 0 Å². The summed E-state index contributed by atoms with van der Waals surface area (Å²) < 4.78 is 5.32. The fourth-order valence-electron chi connectivity index (χ4n) is 2.17. The predicted molar refractivity (Wildman–Crippen MR) is 97.2 cm³/mol. The number of anilines is 1. The summed E-state index contributed by atoms with van der Waals surface area (Å²) in [7, 11) is 3.75. The van der Waals surface area contributed by atoms with E-state index in [-0.39, 0.29) is 6.10 Å². The van der Waals surface area contributed by atoms with Gasteiger partial charge < -0.3 is 9.64 Å². The second-order valence-electron chi connectivity index (χ2n) is 5.28. The summed E-state index contributed by atoms with van der Waals surface area (Å²) in [6, 6.07) is 10.3. The van der Waals surface area contributed by atoms with Crippen LogP contribution in [0.15, 0.2) is 41.9 Å². The zero-order valence-corrected chi connectivity index (χ0v) is 15.0. The van der Waals surface area contributed by atoms with Gasteiger partial charge in [0.1, 0.15) is 11.1 Å². The van der Waals surface area contributed by atoms with E-state index in [0.717, 1.165) is 22.4 Å². The largest absolute Gasteiger partial charge is 0.375 e. The molecule has 0 fully saturated rings. The van der Waals surface area contributed by atoms with Crippen LogP contribution in [0.25, 0.3) is 10.4 Å². The second-order valence-corrected chi connectivity index (χ2v) is 7.18. The van der Waals surface area contributed by atoms with Crippen molar-refractivity contribution in [2.75, 3.05) is 19.1 Å². The highest BCUT2D eigenvalue weighted by molar-refractivity contribution is 7.18. The van der Waals surface area contributed by atoms with Gasteiger partial charge in [-0.2, -0.15) is 0 Å². The Kier molecular flexibility index (Phi) is 5.05. The van der Waals surface area contributed by atoms with Gasteiger partial charge in [0, 0.05) is 25.7 Å². The van der Waals surface area contributed by atoms with Crippen LogP contribution in [-0.4, -0.2) is 24.1 Å². The van der Waals surface area contributed by atoms with Crippen LogP contribution in [0.3, 0.4) is 0 Å². The zero-order chi connectivity index (χ0) is 16.2. The van der Waals surface area contributed by atoms with Gasteiger partial charge in [-0.25, -0.2) is 9.97 Å². The van der Waals surface area contributed by atoms with E-state index >= 15 is 0 Å². The molecule has 2 aromatic heterocycles. The van der Waals surface area contributed by atoms with E-state index in [1.165, 1.54) is 10.4 Å². The molecular formula is C17H19N3OS2. The summed E-state index contributed by atoms with van der Waals surface area (Å²) in [5, 5.41) is 4.10. The molecule has 0 aliphatic carbocycles. The number of benzene rings is 1. The van der Waals surface area contributed by atoms with E-state index < -0.39 is 0 Å². The normalized spacial score (nSPS) is 12.3. The minimum absolute atomic E-state index is 0.0450. The Labute approximate surface area is 144 Å². The average molecular weight is 345 g/mol. The lowest BCUT2D eigenvalue weighted by Crippen LogP contribution is -2.16. The number of ether oxygens (including phenoxy) is 1. The van der Waals surface area contributed by atoms with Gasteiger partial charge in [-0.15, -0.1) is 11.3 Å². The number of hydrogen-bond donors (Lipinski definition) is 0. The van der Waals surface area contributed by atoms with Crippen LogP contribution >= 0.6 is 22.7 Å². The van der Waals surface area contributed by atoms with E-state index in [4.69, 9.17) is 4.74 Å². The van der Waals surface area contributed by atoms with Gasteiger partial charge in [-0.05, 0) is 12.5 Å². The fourth-order valence-corrected chi connectivity index (χ4v) is 3.89. The van der Waals surface area contributed by atoms with Crippen molar-refractivity contribution in [3.8, 4) is 10.4 Å². The van der Waals surface area contributed by atoms with Crippen LogP contribution in [0.2, 0.25) is 0 Å². The predicted octanol–water partition coefficient (Wildman–Crippen LogP) is 4.61. The number of methoxy groups -OCH3 is 1. The summed E-state index contributed by atoms with van der Waals surface area (Å²) >= 11 is 3.34. The molecule has 120 valence electrons. The average Bonchev–Trinajstić information content (AvgIpc) is 3.24. The molecular weight excluding hydrogens is 326 g/mol. The molecule has 0 spiro atoms. The molecule has 6 heteroatoms. The van der Waals surface area contributed by atoms with Gasteiger partial charge in [-0.3, -0.25) is 0 Å². The van der Waals surface area contributed by atoms with Gasteiger partial charge in [0.25, 0.3) is 0 Å². The van der Waals surface area contributed by atoms with Crippen LogP contribution in [-0.2, 0) is 11.3 Å². The van der Waals surface area contributed by atoms with E-state index in [2.05, 4.69) is 32.4 Å². The van der Waals surface area contributed by atoms with Crippen molar-refractivity contribution in [2.45, 2.75) is 19.6 Å². The Morgan fingerprint density at radius 3 is 2.78 bits per heavy atom. The molecule has 0 amide bonds. The van der Waals surface area contributed by atoms with Gasteiger partial charge in [0.05, 0.1) is 17.1 Å². The number of rotatable bonds is 6. The molecule has 2 heterocycles. The summed E-state index contributed by atoms with van der Waals surface area (Å²) in [5.74, 6) is 0. The number of nitrogens with zero attached hydrogens (tertiary/aromatic N) is 3. The quantitative estimate of drug-likeness (QED) is 0.654. The Bertz CT molecular complexity index is 754. The maximum Gasteiger partial charge on any atom is 0.185 e. The molecule has 0 aliphatic rings. The topological polar surface area (TPSA) is 38.2 Å². The summed E-state index contributed by atoms with van der Waals surface area (Å²) in [6.45, 7) is 2.76. The van der Waals surface area contributed by atoms with E-state index in [1.54, 1.807) is 29.8 Å². The monoisotopic (exact) mass is 345 g/mol. The van der Waals surface area contributed by atoms with Gasteiger partial charge in [-0.1, -0.05) is 41.7 Å². The first-order valence-corrected chi connectivity index (χ1v) is 9.06. The van der Waals surface area contributed by atoms with Crippen LogP contribution in [0.1, 0.15) is 23.7 Å². The summed E-state index contributed by atoms with van der Waals surface area (Å²) in [4.78, 5) is 12.5. The molecule has 3 rings (SSSR count). The lowest BCUT2D eigenvalue weighted by Gasteiger charge is -2.13. The van der Waals surface area contributed by atoms with Crippen molar-refractivity contribution in [1.82, 2.24) is 9.97 Å².